The molecule has 4 nitrogen and oxygen atoms in total. The van der Waals surface area contributed by atoms with Gasteiger partial charge in [0.05, 0.1) is 0 Å². The topological polar surface area (TPSA) is 58.4 Å². The van der Waals surface area contributed by atoms with Crippen molar-refractivity contribution in [2.45, 2.75) is 45.6 Å². The van der Waals surface area contributed by atoms with Crippen LogP contribution in [0.15, 0.2) is 18.2 Å². The van der Waals surface area contributed by atoms with Gasteiger partial charge in [-0.15, -0.1) is 0 Å². The third kappa shape index (κ3) is 4.21. The number of carbonyl (C=O) groups excluding carboxylic acids is 1. The van der Waals surface area contributed by atoms with Crippen LogP contribution >= 0.6 is 0 Å². The quantitative estimate of drug-likeness (QED) is 0.819. The first-order valence-electron chi connectivity index (χ1n) is 8.00. The monoisotopic (exact) mass is 289 g/mol. The van der Waals surface area contributed by atoms with Gasteiger partial charge in [-0.3, -0.25) is 4.79 Å². The predicted molar refractivity (Wildman–Crippen MR) is 87.4 cm³/mol. The highest BCUT2D eigenvalue weighted by Crippen LogP contribution is 2.17. The molecule has 21 heavy (non-hydrogen) atoms. The number of piperidine rings is 1. The van der Waals surface area contributed by atoms with Crippen LogP contribution in [0.2, 0.25) is 0 Å². The number of nitrogen functional groups attached to an aromatic ring is 1. The Labute approximate surface area is 127 Å². The fourth-order valence-corrected chi connectivity index (χ4v) is 2.85. The minimum atomic E-state index is 0.00630. The highest BCUT2D eigenvalue weighted by atomic mass is 16.1. The third-order valence-electron chi connectivity index (χ3n) is 4.37. The molecule has 0 aromatic heterocycles. The van der Waals surface area contributed by atoms with Crippen LogP contribution in [-0.4, -0.2) is 36.5 Å². The summed E-state index contributed by atoms with van der Waals surface area (Å²) in [6.07, 6.45) is 4.58. The van der Waals surface area contributed by atoms with E-state index in [2.05, 4.69) is 17.1 Å². The van der Waals surface area contributed by atoms with Crippen molar-refractivity contribution in [3.8, 4) is 0 Å². The Bertz CT molecular complexity index is 479. The molecule has 1 saturated heterocycles. The van der Waals surface area contributed by atoms with Crippen molar-refractivity contribution in [2.24, 2.45) is 0 Å². The van der Waals surface area contributed by atoms with Crippen molar-refractivity contribution in [2.75, 3.05) is 25.4 Å². The molecule has 116 valence electrons. The van der Waals surface area contributed by atoms with E-state index in [1.165, 1.54) is 19.4 Å². The summed E-state index contributed by atoms with van der Waals surface area (Å²) in [7, 11) is 0. The lowest BCUT2D eigenvalue weighted by molar-refractivity contribution is 0.0910. The summed E-state index contributed by atoms with van der Waals surface area (Å²) >= 11 is 0. The Morgan fingerprint density at radius 3 is 2.76 bits per heavy atom. The maximum absolute atomic E-state index is 12.4. The van der Waals surface area contributed by atoms with Gasteiger partial charge >= 0.3 is 0 Å². The Hall–Kier alpha value is -1.55. The van der Waals surface area contributed by atoms with Crippen LogP contribution in [0, 0.1) is 6.92 Å². The molecule has 0 atom stereocenters. The molecule has 4 heteroatoms. The first-order chi connectivity index (χ1) is 10.1. The SMILES string of the molecule is CCCCN1CCC(NC(=O)c2cccc(N)c2C)CC1. The summed E-state index contributed by atoms with van der Waals surface area (Å²) < 4.78 is 0. The average molecular weight is 289 g/mol. The van der Waals surface area contributed by atoms with E-state index < -0.39 is 0 Å². The van der Waals surface area contributed by atoms with Gasteiger partial charge in [0, 0.05) is 30.4 Å². The van der Waals surface area contributed by atoms with Crippen molar-refractivity contribution < 1.29 is 4.79 Å². The summed E-state index contributed by atoms with van der Waals surface area (Å²) in [4.78, 5) is 14.9. The molecule has 0 bridgehead atoms. The van der Waals surface area contributed by atoms with Crippen molar-refractivity contribution >= 4 is 11.6 Å². The number of anilines is 1. The van der Waals surface area contributed by atoms with Crippen molar-refractivity contribution in [3.63, 3.8) is 0 Å². The second kappa shape index (κ2) is 7.46. The minimum Gasteiger partial charge on any atom is -0.398 e. The van der Waals surface area contributed by atoms with Gasteiger partial charge in [-0.2, -0.15) is 0 Å². The number of amides is 1. The second-order valence-electron chi connectivity index (χ2n) is 5.96. The molecule has 1 heterocycles. The molecule has 1 aliphatic heterocycles. The zero-order valence-corrected chi connectivity index (χ0v) is 13.2. The molecular weight excluding hydrogens is 262 g/mol. The van der Waals surface area contributed by atoms with Crippen molar-refractivity contribution in [3.05, 3.63) is 29.3 Å². The van der Waals surface area contributed by atoms with Crippen LogP contribution in [-0.2, 0) is 0 Å². The van der Waals surface area contributed by atoms with E-state index in [9.17, 15) is 4.79 Å². The van der Waals surface area contributed by atoms with E-state index in [0.29, 0.717) is 11.3 Å². The Balaban J connectivity index is 1.86. The zero-order valence-electron chi connectivity index (χ0n) is 13.2. The fourth-order valence-electron chi connectivity index (χ4n) is 2.85. The summed E-state index contributed by atoms with van der Waals surface area (Å²) in [5, 5.41) is 3.16. The van der Waals surface area contributed by atoms with Gasteiger partial charge in [-0.25, -0.2) is 0 Å². The standard InChI is InChI=1S/C17H27N3O/c1-3-4-10-20-11-8-14(9-12-20)19-17(21)15-6-5-7-16(18)13(15)2/h5-7,14H,3-4,8-12,18H2,1-2H3,(H,19,21). The molecule has 0 spiro atoms. The van der Waals surface area contributed by atoms with Crippen molar-refractivity contribution in [1.82, 2.24) is 10.2 Å². The predicted octanol–water partition coefficient (Wildman–Crippen LogP) is 2.57. The highest BCUT2D eigenvalue weighted by Gasteiger charge is 2.21. The lowest BCUT2D eigenvalue weighted by Crippen LogP contribution is -2.45. The molecule has 0 aliphatic carbocycles. The largest absolute Gasteiger partial charge is 0.398 e. The van der Waals surface area contributed by atoms with E-state index in [-0.39, 0.29) is 11.9 Å². The van der Waals surface area contributed by atoms with E-state index >= 15 is 0 Å². The van der Waals surface area contributed by atoms with Crippen LogP contribution in [0.1, 0.15) is 48.5 Å². The number of likely N-dealkylation sites (tertiary alicyclic amines) is 1. The molecule has 2 rings (SSSR count). The van der Waals surface area contributed by atoms with E-state index in [0.717, 1.165) is 31.5 Å². The Morgan fingerprint density at radius 1 is 1.38 bits per heavy atom. The van der Waals surface area contributed by atoms with E-state index in [1.54, 1.807) is 0 Å². The average Bonchev–Trinajstić information content (AvgIpc) is 2.49. The molecule has 1 aromatic carbocycles. The van der Waals surface area contributed by atoms with Gasteiger partial charge in [0.25, 0.3) is 5.91 Å². The van der Waals surface area contributed by atoms with Crippen LogP contribution in [0.4, 0.5) is 5.69 Å². The first kappa shape index (κ1) is 15.8. The molecule has 1 fully saturated rings. The maximum atomic E-state index is 12.4. The van der Waals surface area contributed by atoms with Gasteiger partial charge in [0.2, 0.25) is 0 Å². The van der Waals surface area contributed by atoms with Crippen LogP contribution < -0.4 is 11.1 Å². The minimum absolute atomic E-state index is 0.00630. The number of nitrogens with one attached hydrogen (secondary N) is 1. The molecule has 3 N–H and O–H groups in total. The molecule has 1 aliphatic rings. The Kier molecular flexibility index (Phi) is 5.62. The number of unbranched alkanes of at least 4 members (excludes halogenated alkanes) is 1. The van der Waals surface area contributed by atoms with Gasteiger partial charge in [0.15, 0.2) is 0 Å². The third-order valence-corrected chi connectivity index (χ3v) is 4.37. The number of hydrogen-bond donors (Lipinski definition) is 2. The number of nitrogens with zero attached hydrogens (tertiary/aromatic N) is 1. The summed E-state index contributed by atoms with van der Waals surface area (Å²) in [5.74, 6) is 0.00630. The molecule has 0 unspecified atom stereocenters. The molecule has 1 amide bonds. The molecule has 0 radical (unpaired) electrons. The second-order valence-corrected chi connectivity index (χ2v) is 5.96. The van der Waals surface area contributed by atoms with Gasteiger partial charge < -0.3 is 16.0 Å². The zero-order chi connectivity index (χ0) is 15.2. The molecule has 0 saturated carbocycles. The number of carbonyl (C=O) groups is 1. The number of rotatable bonds is 5. The van der Waals surface area contributed by atoms with Gasteiger partial charge in [-0.1, -0.05) is 19.4 Å². The van der Waals surface area contributed by atoms with Gasteiger partial charge in [-0.05, 0) is 50.4 Å². The molecular formula is C17H27N3O. The number of hydrogen-bond acceptors (Lipinski definition) is 3. The summed E-state index contributed by atoms with van der Waals surface area (Å²) in [6, 6.07) is 5.80. The summed E-state index contributed by atoms with van der Waals surface area (Å²) in [5.41, 5.74) is 8.12. The highest BCUT2D eigenvalue weighted by molar-refractivity contribution is 5.97. The lowest BCUT2D eigenvalue weighted by Gasteiger charge is -2.32. The fraction of sp³-hybridized carbons (Fsp3) is 0.588. The molecule has 1 aromatic rings. The number of benzene rings is 1. The van der Waals surface area contributed by atoms with Crippen LogP contribution in [0.5, 0.6) is 0 Å². The van der Waals surface area contributed by atoms with Crippen LogP contribution in [0.25, 0.3) is 0 Å². The van der Waals surface area contributed by atoms with E-state index in [4.69, 9.17) is 5.73 Å². The lowest BCUT2D eigenvalue weighted by atomic mass is 10.0. The smallest absolute Gasteiger partial charge is 0.251 e. The van der Waals surface area contributed by atoms with E-state index in [1.807, 2.05) is 25.1 Å². The van der Waals surface area contributed by atoms with Gasteiger partial charge in [0.1, 0.15) is 0 Å². The Morgan fingerprint density at radius 2 is 2.10 bits per heavy atom. The van der Waals surface area contributed by atoms with Crippen LogP contribution in [0.3, 0.4) is 0 Å². The number of nitrogens with two attached hydrogens (primary N) is 1. The first-order valence-corrected chi connectivity index (χ1v) is 8.00. The summed E-state index contributed by atoms with van der Waals surface area (Å²) in [6.45, 7) is 7.48. The normalized spacial score (nSPS) is 16.9. The maximum Gasteiger partial charge on any atom is 0.251 e. The van der Waals surface area contributed by atoms with Crippen molar-refractivity contribution in [1.29, 1.82) is 0 Å².